The Kier molecular flexibility index (Phi) is 3.88. The van der Waals surface area contributed by atoms with Crippen LogP contribution in [0.1, 0.15) is 13.8 Å². The van der Waals surface area contributed by atoms with Gasteiger partial charge in [0.15, 0.2) is 5.84 Å². The molecule has 1 aliphatic heterocycles. The summed E-state index contributed by atoms with van der Waals surface area (Å²) in [6.45, 7) is 5.80. The van der Waals surface area contributed by atoms with Crippen molar-refractivity contribution in [1.82, 2.24) is 20.2 Å². The van der Waals surface area contributed by atoms with Gasteiger partial charge in [-0.15, -0.1) is 9.25 Å². The molecule has 6 heteroatoms. The molecule has 0 amide bonds. The summed E-state index contributed by atoms with van der Waals surface area (Å²) < 4.78 is 1.49. The first kappa shape index (κ1) is 10.2. The molecule has 0 aliphatic carbocycles. The van der Waals surface area contributed by atoms with Crippen molar-refractivity contribution in [1.29, 1.82) is 0 Å². The first-order valence-electron chi connectivity index (χ1n) is 4.26. The van der Waals surface area contributed by atoms with E-state index in [1.165, 1.54) is 4.14 Å². The van der Waals surface area contributed by atoms with Gasteiger partial charge in [-0.3, -0.25) is 5.43 Å². The Bertz CT molecular complexity index is 225. The van der Waals surface area contributed by atoms with Crippen LogP contribution in [0.5, 0.6) is 0 Å². The number of hydrogen-bond donors (Lipinski definition) is 3. The van der Waals surface area contributed by atoms with E-state index in [0.717, 1.165) is 24.7 Å². The number of amidine groups is 1. The summed E-state index contributed by atoms with van der Waals surface area (Å²) >= 11 is 3.22. The minimum Gasteiger partial charge on any atom is -0.371 e. The van der Waals surface area contributed by atoms with Crippen molar-refractivity contribution in [3.63, 3.8) is 0 Å². The molecule has 0 atom stereocenters. The fourth-order valence-electron chi connectivity index (χ4n) is 0.965. The van der Waals surface area contributed by atoms with Crippen molar-refractivity contribution in [2.45, 2.75) is 13.8 Å². The number of rotatable bonds is 3. The van der Waals surface area contributed by atoms with Gasteiger partial charge in [0, 0.05) is 19.2 Å². The van der Waals surface area contributed by atoms with Crippen LogP contribution < -0.4 is 16.1 Å². The van der Waals surface area contributed by atoms with Crippen LogP contribution in [-0.4, -0.2) is 23.1 Å². The average molecular weight is 248 g/mol. The number of likely N-dealkylation sites (N-methyl/N-ethyl adjacent to an activating group) is 1. The van der Waals surface area contributed by atoms with E-state index in [-0.39, 0.29) is 0 Å². The Morgan fingerprint density at radius 2 is 2.15 bits per heavy atom. The number of halogens is 1. The van der Waals surface area contributed by atoms with Crippen LogP contribution in [-0.2, 0) is 0 Å². The van der Waals surface area contributed by atoms with Crippen LogP contribution in [0.15, 0.2) is 17.0 Å². The first-order valence-corrected chi connectivity index (χ1v) is 4.97. The molecular weight excluding hydrogens is 234 g/mol. The zero-order chi connectivity index (χ0) is 9.68. The van der Waals surface area contributed by atoms with E-state index in [9.17, 15) is 0 Å². The van der Waals surface area contributed by atoms with Crippen LogP contribution in [0.3, 0.4) is 0 Å². The molecular formula is C7H14BrN5. The van der Waals surface area contributed by atoms with E-state index < -0.39 is 0 Å². The van der Waals surface area contributed by atoms with Gasteiger partial charge in [0.05, 0.1) is 16.1 Å². The average Bonchev–Trinajstić information content (AvgIpc) is 2.04. The molecule has 5 nitrogen and oxygen atoms in total. The second-order valence-corrected chi connectivity index (χ2v) is 3.15. The van der Waals surface area contributed by atoms with Gasteiger partial charge in [0.1, 0.15) is 5.82 Å². The third-order valence-electron chi connectivity index (χ3n) is 1.41. The maximum atomic E-state index is 4.13. The second kappa shape index (κ2) is 4.96. The normalized spacial score (nSPS) is 15.8. The molecule has 0 saturated heterocycles. The molecule has 0 fully saturated rings. The molecule has 0 saturated carbocycles. The fourth-order valence-corrected chi connectivity index (χ4v) is 1.33. The van der Waals surface area contributed by atoms with Crippen LogP contribution in [0, 0.1) is 0 Å². The van der Waals surface area contributed by atoms with Crippen molar-refractivity contribution in [2.24, 2.45) is 5.10 Å². The van der Waals surface area contributed by atoms with Gasteiger partial charge in [-0.05, 0) is 13.8 Å². The third kappa shape index (κ3) is 3.14. The maximum Gasteiger partial charge on any atom is 0.152 e. The Hall–Kier alpha value is -0.910. The van der Waals surface area contributed by atoms with E-state index >= 15 is 0 Å². The molecule has 0 spiro atoms. The summed E-state index contributed by atoms with van der Waals surface area (Å²) in [7, 11) is 0. The summed E-state index contributed by atoms with van der Waals surface area (Å²) in [5.41, 5.74) is 2.98. The van der Waals surface area contributed by atoms with Crippen LogP contribution in [0.4, 0.5) is 0 Å². The predicted molar refractivity (Wildman–Crippen MR) is 56.8 cm³/mol. The number of nitrogens with zero attached hydrogens (tertiary/aromatic N) is 2. The molecule has 13 heavy (non-hydrogen) atoms. The summed E-state index contributed by atoms with van der Waals surface area (Å²) in [6.07, 6.45) is 1.92. The van der Waals surface area contributed by atoms with Crippen molar-refractivity contribution in [3.05, 3.63) is 11.9 Å². The molecule has 1 aliphatic rings. The quantitative estimate of drug-likeness (QED) is 0.636. The van der Waals surface area contributed by atoms with Crippen LogP contribution in [0.25, 0.3) is 0 Å². The van der Waals surface area contributed by atoms with E-state index in [1.807, 2.05) is 19.9 Å². The molecule has 1 heterocycles. The number of hydrazone groups is 1. The summed E-state index contributed by atoms with van der Waals surface area (Å²) in [5.74, 6) is 1.75. The molecule has 74 valence electrons. The topological polar surface area (TPSA) is 51.7 Å². The van der Waals surface area contributed by atoms with E-state index in [1.54, 1.807) is 0 Å². The third-order valence-corrected chi connectivity index (χ3v) is 1.75. The Morgan fingerprint density at radius 3 is 2.77 bits per heavy atom. The first-order chi connectivity index (χ1) is 6.26. The lowest BCUT2D eigenvalue weighted by atomic mass is 10.4. The molecule has 0 aromatic heterocycles. The standard InChI is InChI=1S/C7H14BrN5/c1-3-9-6-5-7(10-4-2)12-13(8)11-6/h5,9,11H,3-4H2,1-2H3,(H,10,12). The molecule has 0 aromatic carbocycles. The lowest BCUT2D eigenvalue weighted by molar-refractivity contribution is 0.404. The SMILES string of the molecule is CCNC1=CC(NCC)=NN(Br)N1. The Labute approximate surface area is 86.6 Å². The smallest absolute Gasteiger partial charge is 0.152 e. The highest BCUT2D eigenvalue weighted by Gasteiger charge is 2.08. The van der Waals surface area contributed by atoms with Crippen molar-refractivity contribution in [2.75, 3.05) is 13.1 Å². The van der Waals surface area contributed by atoms with E-state index in [0.29, 0.717) is 0 Å². The van der Waals surface area contributed by atoms with Gasteiger partial charge in [0.25, 0.3) is 0 Å². The maximum absolute atomic E-state index is 4.13. The highest BCUT2D eigenvalue weighted by Crippen LogP contribution is 2.02. The Balaban J connectivity index is 2.61. The van der Waals surface area contributed by atoms with Crippen LogP contribution in [0.2, 0.25) is 0 Å². The van der Waals surface area contributed by atoms with E-state index in [2.05, 4.69) is 37.3 Å². The summed E-state index contributed by atoms with van der Waals surface area (Å²) in [4.78, 5) is 0. The molecule has 3 N–H and O–H groups in total. The summed E-state index contributed by atoms with van der Waals surface area (Å²) in [6, 6.07) is 0. The molecule has 0 radical (unpaired) electrons. The van der Waals surface area contributed by atoms with Gasteiger partial charge in [-0.25, -0.2) is 0 Å². The lowest BCUT2D eigenvalue weighted by Gasteiger charge is -2.22. The minimum atomic E-state index is 0.828. The number of hydrazine groups is 1. The highest BCUT2D eigenvalue weighted by molar-refractivity contribution is 9.07. The fraction of sp³-hybridized carbons (Fsp3) is 0.571. The largest absolute Gasteiger partial charge is 0.371 e. The van der Waals surface area contributed by atoms with Gasteiger partial charge >= 0.3 is 0 Å². The summed E-state index contributed by atoms with van der Waals surface area (Å²) in [5, 5.41) is 10.4. The monoisotopic (exact) mass is 247 g/mol. The number of hydrogen-bond acceptors (Lipinski definition) is 5. The highest BCUT2D eigenvalue weighted by atomic mass is 79.9. The Morgan fingerprint density at radius 1 is 1.46 bits per heavy atom. The predicted octanol–water partition coefficient (Wildman–Crippen LogP) is 0.490. The van der Waals surface area contributed by atoms with Gasteiger partial charge < -0.3 is 10.6 Å². The zero-order valence-electron chi connectivity index (χ0n) is 7.76. The van der Waals surface area contributed by atoms with Gasteiger partial charge in [0.2, 0.25) is 0 Å². The molecule has 0 unspecified atom stereocenters. The van der Waals surface area contributed by atoms with Crippen molar-refractivity contribution >= 4 is 22.0 Å². The van der Waals surface area contributed by atoms with Crippen molar-refractivity contribution < 1.29 is 0 Å². The van der Waals surface area contributed by atoms with E-state index in [4.69, 9.17) is 0 Å². The zero-order valence-corrected chi connectivity index (χ0v) is 9.35. The molecule has 1 rings (SSSR count). The second-order valence-electron chi connectivity index (χ2n) is 2.48. The van der Waals surface area contributed by atoms with Crippen LogP contribution >= 0.6 is 16.1 Å². The lowest BCUT2D eigenvalue weighted by Crippen LogP contribution is -2.39. The minimum absolute atomic E-state index is 0.828. The molecule has 0 bridgehead atoms. The van der Waals surface area contributed by atoms with Gasteiger partial charge in [-0.1, -0.05) is 0 Å². The number of nitrogens with one attached hydrogen (secondary N) is 3. The van der Waals surface area contributed by atoms with Crippen molar-refractivity contribution in [3.8, 4) is 0 Å². The molecule has 0 aromatic rings. The van der Waals surface area contributed by atoms with Gasteiger partial charge in [-0.2, -0.15) is 0 Å².